The first-order valence-electron chi connectivity index (χ1n) is 6.63. The first-order valence-corrected chi connectivity index (χ1v) is 7.39. The lowest BCUT2D eigenvalue weighted by molar-refractivity contribution is -0.175. The molecule has 2 nitrogen and oxygen atoms in total. The van der Waals surface area contributed by atoms with E-state index in [4.69, 9.17) is 27.9 Å². The predicted molar refractivity (Wildman–Crippen MR) is 79.1 cm³/mol. The molecule has 0 fully saturated rings. The van der Waals surface area contributed by atoms with Crippen LogP contribution in [0.1, 0.15) is 18.9 Å². The average molecular weight is 344 g/mol. The Kier molecular flexibility index (Phi) is 7.81. The van der Waals surface area contributed by atoms with Crippen molar-refractivity contribution in [3.05, 3.63) is 33.8 Å². The first-order chi connectivity index (χ1) is 9.81. The fraction of sp³-hybridized carbons (Fsp3) is 0.571. The minimum Gasteiger partial charge on any atom is -0.370 e. The average Bonchev–Trinajstić information content (AvgIpc) is 2.38. The van der Waals surface area contributed by atoms with Crippen molar-refractivity contribution in [1.82, 2.24) is 5.32 Å². The van der Waals surface area contributed by atoms with Crippen LogP contribution in [0.3, 0.4) is 0 Å². The summed E-state index contributed by atoms with van der Waals surface area (Å²) in [5, 5.41) is 4.24. The molecule has 1 rings (SSSR count). The fourth-order valence-electron chi connectivity index (χ4n) is 1.82. The molecular formula is C14H18Cl2F3NO. The normalized spacial score (nSPS) is 13.4. The molecule has 0 spiro atoms. The number of rotatable bonds is 8. The molecule has 0 aromatic heterocycles. The Balaban J connectivity index is 2.62. The number of nitrogens with one attached hydrogen (secondary N) is 1. The molecule has 0 aliphatic carbocycles. The second-order valence-corrected chi connectivity index (χ2v) is 5.56. The van der Waals surface area contributed by atoms with Gasteiger partial charge >= 0.3 is 6.18 Å². The van der Waals surface area contributed by atoms with Crippen molar-refractivity contribution in [1.29, 1.82) is 0 Å². The van der Waals surface area contributed by atoms with Crippen LogP contribution in [-0.4, -0.2) is 32.0 Å². The Morgan fingerprint density at radius 2 is 2.00 bits per heavy atom. The van der Waals surface area contributed by atoms with Gasteiger partial charge in [-0.2, -0.15) is 13.2 Å². The molecular weight excluding hydrogens is 326 g/mol. The zero-order valence-electron chi connectivity index (χ0n) is 11.6. The summed E-state index contributed by atoms with van der Waals surface area (Å²) in [6.07, 6.45) is -2.99. The van der Waals surface area contributed by atoms with Gasteiger partial charge in [-0.25, -0.2) is 0 Å². The third-order valence-corrected chi connectivity index (χ3v) is 3.35. The minimum atomic E-state index is -4.32. The molecule has 21 heavy (non-hydrogen) atoms. The lowest BCUT2D eigenvalue weighted by atomic mass is 10.1. The molecule has 0 aliphatic rings. The van der Waals surface area contributed by atoms with Crippen molar-refractivity contribution < 1.29 is 17.9 Å². The quantitative estimate of drug-likeness (QED) is 0.751. The smallest absolute Gasteiger partial charge is 0.370 e. The Labute approximate surface area is 132 Å². The molecule has 0 radical (unpaired) electrons. The molecule has 1 aromatic rings. The number of ether oxygens (including phenoxy) is 1. The molecule has 0 heterocycles. The van der Waals surface area contributed by atoms with E-state index in [1.54, 1.807) is 18.2 Å². The van der Waals surface area contributed by atoms with Crippen LogP contribution < -0.4 is 5.32 Å². The number of hydrogen-bond donors (Lipinski definition) is 1. The van der Waals surface area contributed by atoms with Crippen LogP contribution in [-0.2, 0) is 11.2 Å². The Bertz CT molecular complexity index is 441. The number of hydrogen-bond acceptors (Lipinski definition) is 2. The highest BCUT2D eigenvalue weighted by molar-refractivity contribution is 6.33. The van der Waals surface area contributed by atoms with Gasteiger partial charge in [0.05, 0.1) is 6.61 Å². The van der Waals surface area contributed by atoms with E-state index in [2.05, 4.69) is 5.32 Å². The highest BCUT2D eigenvalue weighted by Crippen LogP contribution is 2.22. The fourth-order valence-corrected chi connectivity index (χ4v) is 2.21. The van der Waals surface area contributed by atoms with Gasteiger partial charge in [0, 0.05) is 16.1 Å². The SMILES string of the molecule is CCCNC(COCC(F)(F)F)Cc1cc(Cl)ccc1Cl. The second-order valence-electron chi connectivity index (χ2n) is 4.72. The zero-order chi connectivity index (χ0) is 15.9. The summed E-state index contributed by atoms with van der Waals surface area (Å²) in [6, 6.07) is 4.81. The van der Waals surface area contributed by atoms with Gasteiger partial charge in [0.1, 0.15) is 6.61 Å². The summed E-state index contributed by atoms with van der Waals surface area (Å²) >= 11 is 12.0. The third-order valence-electron chi connectivity index (χ3n) is 2.74. The Morgan fingerprint density at radius 3 is 2.62 bits per heavy atom. The Morgan fingerprint density at radius 1 is 1.29 bits per heavy atom. The standard InChI is InChI=1S/C14H18Cl2F3NO/c1-2-5-20-12(8-21-9-14(17,18)19)7-10-6-11(15)3-4-13(10)16/h3-4,6,12,20H,2,5,7-9H2,1H3. The molecule has 1 unspecified atom stereocenters. The summed E-state index contributed by atoms with van der Waals surface area (Å²) in [6.45, 7) is 1.38. The summed E-state index contributed by atoms with van der Waals surface area (Å²) < 4.78 is 41.1. The maximum Gasteiger partial charge on any atom is 0.411 e. The number of alkyl halides is 3. The van der Waals surface area contributed by atoms with E-state index in [1.807, 2.05) is 6.92 Å². The van der Waals surface area contributed by atoms with Crippen LogP contribution in [0.4, 0.5) is 13.2 Å². The van der Waals surface area contributed by atoms with Gasteiger partial charge in [0.25, 0.3) is 0 Å². The predicted octanol–water partition coefficient (Wildman–Crippen LogP) is 4.48. The van der Waals surface area contributed by atoms with Crippen LogP contribution in [0.5, 0.6) is 0 Å². The van der Waals surface area contributed by atoms with Crippen LogP contribution in [0.2, 0.25) is 10.0 Å². The van der Waals surface area contributed by atoms with Gasteiger partial charge in [-0.05, 0) is 43.1 Å². The summed E-state index contributed by atoms with van der Waals surface area (Å²) in [5.41, 5.74) is 0.786. The van der Waals surface area contributed by atoms with Gasteiger partial charge in [-0.15, -0.1) is 0 Å². The van der Waals surface area contributed by atoms with Crippen molar-refractivity contribution >= 4 is 23.2 Å². The molecule has 1 atom stereocenters. The Hall–Kier alpha value is -0.490. The molecule has 7 heteroatoms. The van der Waals surface area contributed by atoms with Gasteiger partial charge in [0.2, 0.25) is 0 Å². The lowest BCUT2D eigenvalue weighted by Gasteiger charge is -2.20. The van der Waals surface area contributed by atoms with E-state index >= 15 is 0 Å². The van der Waals surface area contributed by atoms with Crippen LogP contribution in [0, 0.1) is 0 Å². The van der Waals surface area contributed by atoms with Crippen LogP contribution in [0.15, 0.2) is 18.2 Å². The molecule has 1 aromatic carbocycles. The highest BCUT2D eigenvalue weighted by atomic mass is 35.5. The zero-order valence-corrected chi connectivity index (χ0v) is 13.2. The topological polar surface area (TPSA) is 21.3 Å². The molecule has 0 saturated heterocycles. The summed E-state index contributed by atoms with van der Waals surface area (Å²) in [4.78, 5) is 0. The monoisotopic (exact) mass is 343 g/mol. The largest absolute Gasteiger partial charge is 0.411 e. The van der Waals surface area contributed by atoms with Gasteiger partial charge < -0.3 is 10.1 Å². The third kappa shape index (κ3) is 7.90. The van der Waals surface area contributed by atoms with Gasteiger partial charge in [-0.3, -0.25) is 0 Å². The van der Waals surface area contributed by atoms with E-state index in [1.165, 1.54) is 0 Å². The van der Waals surface area contributed by atoms with Gasteiger partial charge in [-0.1, -0.05) is 30.1 Å². The molecule has 0 amide bonds. The lowest BCUT2D eigenvalue weighted by Crippen LogP contribution is -2.37. The van der Waals surface area contributed by atoms with Crippen molar-refractivity contribution in [3.8, 4) is 0 Å². The molecule has 0 bridgehead atoms. The molecule has 0 saturated carbocycles. The maximum atomic E-state index is 12.1. The highest BCUT2D eigenvalue weighted by Gasteiger charge is 2.28. The second kappa shape index (κ2) is 8.83. The van der Waals surface area contributed by atoms with E-state index in [-0.39, 0.29) is 12.6 Å². The van der Waals surface area contributed by atoms with Crippen LogP contribution >= 0.6 is 23.2 Å². The van der Waals surface area contributed by atoms with E-state index in [9.17, 15) is 13.2 Å². The number of benzene rings is 1. The molecule has 120 valence electrons. The van der Waals surface area contributed by atoms with E-state index in [0.717, 1.165) is 12.0 Å². The molecule has 1 N–H and O–H groups in total. The van der Waals surface area contributed by atoms with Crippen LogP contribution in [0.25, 0.3) is 0 Å². The first kappa shape index (κ1) is 18.6. The maximum absolute atomic E-state index is 12.1. The minimum absolute atomic E-state index is 0.0393. The van der Waals surface area contributed by atoms with E-state index < -0.39 is 12.8 Å². The van der Waals surface area contributed by atoms with Crippen molar-refractivity contribution in [2.75, 3.05) is 19.8 Å². The van der Waals surface area contributed by atoms with Crippen molar-refractivity contribution in [2.24, 2.45) is 0 Å². The summed E-state index contributed by atoms with van der Waals surface area (Å²) in [7, 11) is 0. The van der Waals surface area contributed by atoms with Crippen molar-refractivity contribution in [2.45, 2.75) is 32.0 Å². The number of halogens is 5. The van der Waals surface area contributed by atoms with Crippen molar-refractivity contribution in [3.63, 3.8) is 0 Å². The van der Waals surface area contributed by atoms with Gasteiger partial charge in [0.15, 0.2) is 0 Å². The van der Waals surface area contributed by atoms with E-state index in [0.29, 0.717) is 23.0 Å². The summed E-state index contributed by atoms with van der Waals surface area (Å²) in [5.74, 6) is 0. The molecule has 0 aliphatic heterocycles.